The van der Waals surface area contributed by atoms with Crippen molar-refractivity contribution in [1.29, 1.82) is 5.26 Å². The average molecular weight is 422 g/mol. The Hall–Kier alpha value is -3.98. The molecule has 2 aromatic carbocycles. The molecule has 1 aromatic heterocycles. The number of nitriles is 1. The van der Waals surface area contributed by atoms with Gasteiger partial charge >= 0.3 is 0 Å². The lowest BCUT2D eigenvalue weighted by Crippen LogP contribution is -2.36. The summed E-state index contributed by atoms with van der Waals surface area (Å²) >= 11 is 0. The van der Waals surface area contributed by atoms with E-state index in [1.54, 1.807) is 18.6 Å². The molecule has 2 heterocycles. The topological polar surface area (TPSA) is 81.4 Å². The number of benzene rings is 2. The first kappa shape index (κ1) is 20.0. The zero-order valence-corrected chi connectivity index (χ0v) is 17.6. The van der Waals surface area contributed by atoms with E-state index in [1.165, 1.54) is 0 Å². The van der Waals surface area contributed by atoms with E-state index >= 15 is 0 Å². The average Bonchev–Trinajstić information content (AvgIpc) is 3.16. The number of nitrogens with zero attached hydrogens (tertiary/aromatic N) is 4. The highest BCUT2D eigenvalue weighted by Crippen LogP contribution is 2.44. The number of hydrogen-bond donors (Lipinski definition) is 1. The van der Waals surface area contributed by atoms with Crippen molar-refractivity contribution in [2.75, 3.05) is 18.4 Å². The van der Waals surface area contributed by atoms with E-state index in [0.717, 1.165) is 42.0 Å². The number of likely N-dealkylation sites (tertiary alicyclic amines) is 1. The van der Waals surface area contributed by atoms with Crippen LogP contribution in [0.3, 0.4) is 0 Å². The van der Waals surface area contributed by atoms with E-state index in [2.05, 4.69) is 21.5 Å². The van der Waals surface area contributed by atoms with Crippen molar-refractivity contribution in [2.45, 2.75) is 6.42 Å². The summed E-state index contributed by atoms with van der Waals surface area (Å²) in [7, 11) is 0. The second-order valence-electron chi connectivity index (χ2n) is 8.40. The normalized spacial score (nSPS) is 21.6. The van der Waals surface area contributed by atoms with Crippen molar-refractivity contribution >= 4 is 23.5 Å². The third-order valence-electron chi connectivity index (χ3n) is 6.46. The fourth-order valence-corrected chi connectivity index (χ4v) is 4.67. The molecule has 0 spiro atoms. The molecule has 1 N–H and O–H groups in total. The highest BCUT2D eigenvalue weighted by atomic mass is 16.1. The van der Waals surface area contributed by atoms with Crippen LogP contribution in [0.25, 0.3) is 11.1 Å². The number of hydrogen-bond acceptors (Lipinski definition) is 5. The lowest BCUT2D eigenvalue weighted by Gasteiger charge is -2.36. The molecule has 6 nitrogen and oxygen atoms in total. The summed E-state index contributed by atoms with van der Waals surface area (Å²) in [5.41, 5.74) is 4.46. The summed E-state index contributed by atoms with van der Waals surface area (Å²) in [6.07, 6.45) is 8.59. The van der Waals surface area contributed by atoms with Gasteiger partial charge in [0.05, 0.1) is 11.9 Å². The summed E-state index contributed by atoms with van der Waals surface area (Å²) in [5.74, 6) is 1.09. The van der Waals surface area contributed by atoms with Crippen molar-refractivity contribution in [1.82, 2.24) is 9.88 Å². The van der Waals surface area contributed by atoms with Gasteiger partial charge in [0.2, 0.25) is 0 Å². The van der Waals surface area contributed by atoms with Gasteiger partial charge in [0.25, 0.3) is 5.91 Å². The molecule has 1 aliphatic carbocycles. The quantitative estimate of drug-likeness (QED) is 0.475. The molecule has 2 aliphatic rings. The minimum atomic E-state index is -0.229. The molecule has 158 valence electrons. The minimum absolute atomic E-state index is 0.229. The van der Waals surface area contributed by atoms with Gasteiger partial charge in [0.1, 0.15) is 0 Å². The monoisotopic (exact) mass is 421 g/mol. The Bertz CT molecular complexity index is 1180. The summed E-state index contributed by atoms with van der Waals surface area (Å²) < 4.78 is 0. The van der Waals surface area contributed by atoms with E-state index in [9.17, 15) is 4.79 Å². The third kappa shape index (κ3) is 3.97. The maximum Gasteiger partial charge on any atom is 0.276 e. The molecule has 2 fully saturated rings. The predicted octanol–water partition coefficient (Wildman–Crippen LogP) is 4.75. The molecule has 5 rings (SSSR count). The van der Waals surface area contributed by atoms with Gasteiger partial charge in [-0.2, -0.15) is 5.26 Å². The summed E-state index contributed by atoms with van der Waals surface area (Å²) in [4.78, 5) is 22.8. The first-order valence-corrected chi connectivity index (χ1v) is 10.8. The van der Waals surface area contributed by atoms with E-state index in [-0.39, 0.29) is 5.91 Å². The SMILES string of the molecule is N#CN1CC2CC(C=NC(=O)c3ccc(-c4ccncc4Nc4ccccc4)cc3)C2C1. The highest BCUT2D eigenvalue weighted by Gasteiger charge is 2.46. The Kier molecular flexibility index (Phi) is 5.39. The Morgan fingerprint density at radius 3 is 2.72 bits per heavy atom. The number of carbonyl (C=O) groups excluding carboxylic acids is 1. The number of pyridine rings is 1. The predicted molar refractivity (Wildman–Crippen MR) is 124 cm³/mol. The molecular weight excluding hydrogens is 398 g/mol. The molecule has 1 saturated carbocycles. The Morgan fingerprint density at radius 2 is 1.94 bits per heavy atom. The number of nitrogens with one attached hydrogen (secondary N) is 1. The van der Waals surface area contributed by atoms with Crippen molar-refractivity contribution in [3.8, 4) is 17.3 Å². The lowest BCUT2D eigenvalue weighted by molar-refractivity contribution is 0.100. The number of fused-ring (bicyclic) bond motifs is 1. The van der Waals surface area contributed by atoms with Crippen LogP contribution in [0.1, 0.15) is 16.8 Å². The number of amides is 1. The molecule has 1 saturated heterocycles. The zero-order valence-electron chi connectivity index (χ0n) is 17.6. The summed E-state index contributed by atoms with van der Waals surface area (Å²) in [5, 5.41) is 12.5. The van der Waals surface area contributed by atoms with Gasteiger partial charge in [-0.15, -0.1) is 0 Å². The van der Waals surface area contributed by atoms with Crippen LogP contribution in [0.5, 0.6) is 0 Å². The van der Waals surface area contributed by atoms with Crippen LogP contribution in [-0.4, -0.2) is 35.1 Å². The van der Waals surface area contributed by atoms with Crippen LogP contribution in [0.4, 0.5) is 11.4 Å². The van der Waals surface area contributed by atoms with Crippen molar-refractivity contribution in [3.63, 3.8) is 0 Å². The number of para-hydroxylation sites is 1. The van der Waals surface area contributed by atoms with Crippen molar-refractivity contribution in [2.24, 2.45) is 22.7 Å². The second kappa shape index (κ2) is 8.64. The van der Waals surface area contributed by atoms with E-state index < -0.39 is 0 Å². The standard InChI is InChI=1S/C26H23N5O/c27-17-31-15-21-12-20(24(21)16-31)13-29-26(32)19-8-6-18(7-9-19)23-10-11-28-14-25(23)30-22-4-2-1-3-5-22/h1-11,13-14,20-21,24,30H,12,15-16H2. The lowest BCUT2D eigenvalue weighted by atomic mass is 9.67. The van der Waals surface area contributed by atoms with Crippen LogP contribution < -0.4 is 5.32 Å². The highest BCUT2D eigenvalue weighted by molar-refractivity contribution is 5.99. The molecule has 3 unspecified atom stereocenters. The Balaban J connectivity index is 1.27. The van der Waals surface area contributed by atoms with Gasteiger partial charge in [-0.1, -0.05) is 30.3 Å². The van der Waals surface area contributed by atoms with Gasteiger partial charge in [-0.05, 0) is 60.1 Å². The van der Waals surface area contributed by atoms with Crippen LogP contribution >= 0.6 is 0 Å². The van der Waals surface area contributed by atoms with Crippen LogP contribution in [0.2, 0.25) is 0 Å². The van der Waals surface area contributed by atoms with E-state index in [4.69, 9.17) is 5.26 Å². The molecular formula is C26H23N5O. The number of anilines is 2. The number of rotatable bonds is 5. The fraction of sp³-hybridized carbons (Fsp3) is 0.231. The Labute approximate surface area is 187 Å². The molecule has 0 bridgehead atoms. The number of aliphatic imine (C=N–C) groups is 1. The number of carbonyl (C=O) groups is 1. The first-order chi connectivity index (χ1) is 15.7. The molecule has 3 aromatic rings. The largest absolute Gasteiger partial charge is 0.354 e. The molecule has 0 radical (unpaired) electrons. The molecule has 32 heavy (non-hydrogen) atoms. The maximum atomic E-state index is 12.6. The van der Waals surface area contributed by atoms with Gasteiger partial charge in [-0.3, -0.25) is 9.78 Å². The molecule has 6 heteroatoms. The molecule has 1 amide bonds. The number of aromatic nitrogens is 1. The first-order valence-electron chi connectivity index (χ1n) is 10.8. The van der Waals surface area contributed by atoms with Crippen LogP contribution in [0, 0.1) is 29.2 Å². The van der Waals surface area contributed by atoms with Crippen molar-refractivity contribution in [3.05, 3.63) is 78.6 Å². The molecule has 1 aliphatic heterocycles. The van der Waals surface area contributed by atoms with Gasteiger partial charge in [0, 0.05) is 42.3 Å². The van der Waals surface area contributed by atoms with Gasteiger partial charge in [0.15, 0.2) is 6.19 Å². The van der Waals surface area contributed by atoms with E-state index in [1.807, 2.05) is 65.6 Å². The zero-order chi connectivity index (χ0) is 21.9. The van der Waals surface area contributed by atoms with Crippen LogP contribution in [0.15, 0.2) is 78.0 Å². The second-order valence-corrected chi connectivity index (χ2v) is 8.40. The maximum absolute atomic E-state index is 12.6. The fourth-order valence-electron chi connectivity index (χ4n) is 4.67. The summed E-state index contributed by atoms with van der Waals surface area (Å²) in [6, 6.07) is 19.4. The third-order valence-corrected chi connectivity index (χ3v) is 6.46. The minimum Gasteiger partial charge on any atom is -0.354 e. The smallest absolute Gasteiger partial charge is 0.276 e. The molecule has 3 atom stereocenters. The van der Waals surface area contributed by atoms with E-state index in [0.29, 0.717) is 23.3 Å². The van der Waals surface area contributed by atoms with Crippen LogP contribution in [-0.2, 0) is 0 Å². The van der Waals surface area contributed by atoms with Gasteiger partial charge in [-0.25, -0.2) is 4.99 Å². The Morgan fingerprint density at radius 1 is 1.12 bits per heavy atom. The van der Waals surface area contributed by atoms with Gasteiger partial charge < -0.3 is 10.2 Å². The van der Waals surface area contributed by atoms with Crippen molar-refractivity contribution < 1.29 is 4.79 Å². The summed E-state index contributed by atoms with van der Waals surface area (Å²) in [6.45, 7) is 1.63.